The smallest absolute Gasteiger partial charge is 0.350 e. The first-order valence-corrected chi connectivity index (χ1v) is 8.71. The third-order valence-electron chi connectivity index (χ3n) is 3.80. The van der Waals surface area contributed by atoms with E-state index in [0.29, 0.717) is 13.2 Å². The normalized spacial score (nSPS) is 20.0. The van der Waals surface area contributed by atoms with Crippen LogP contribution in [0.1, 0.15) is 13.8 Å². The molecule has 7 nitrogen and oxygen atoms in total. The molecule has 3 rings (SSSR count). The zero-order chi connectivity index (χ0) is 18.0. The number of carbonyl (C=O) groups excluding carboxylic acids is 2. The highest BCUT2D eigenvalue weighted by molar-refractivity contribution is 9.10. The van der Waals surface area contributed by atoms with Gasteiger partial charge in [-0.05, 0) is 18.2 Å². The molecule has 1 N–H and O–H groups in total. The van der Waals surface area contributed by atoms with Gasteiger partial charge in [-0.15, -0.1) is 0 Å². The first-order chi connectivity index (χ1) is 11.9. The lowest BCUT2D eigenvalue weighted by Crippen LogP contribution is -2.42. The molecule has 2 aliphatic rings. The van der Waals surface area contributed by atoms with Crippen molar-refractivity contribution in [2.45, 2.75) is 19.6 Å². The van der Waals surface area contributed by atoms with Gasteiger partial charge in [-0.1, -0.05) is 15.9 Å². The summed E-state index contributed by atoms with van der Waals surface area (Å²) in [5.74, 6) is -2.67. The Hall–Kier alpha value is -2.06. The van der Waals surface area contributed by atoms with E-state index in [0.717, 1.165) is 28.9 Å². The van der Waals surface area contributed by atoms with Gasteiger partial charge in [0.05, 0.1) is 24.6 Å². The fourth-order valence-corrected chi connectivity index (χ4v) is 2.99. The molecular weight excluding hydrogens is 392 g/mol. The van der Waals surface area contributed by atoms with E-state index in [1.165, 1.54) is 20.0 Å². The Morgan fingerprint density at radius 1 is 1.16 bits per heavy atom. The number of rotatable bonds is 3. The Morgan fingerprint density at radius 3 is 2.44 bits per heavy atom. The molecular formula is C17H19BrN2O5. The van der Waals surface area contributed by atoms with Crippen LogP contribution in [-0.4, -0.2) is 44.0 Å². The van der Waals surface area contributed by atoms with Crippen LogP contribution in [0.3, 0.4) is 0 Å². The molecule has 0 radical (unpaired) electrons. The van der Waals surface area contributed by atoms with Gasteiger partial charge in [0.2, 0.25) is 0 Å². The number of hydrogen-bond acceptors (Lipinski definition) is 7. The topological polar surface area (TPSA) is 77.1 Å². The van der Waals surface area contributed by atoms with E-state index in [1.807, 2.05) is 18.2 Å². The zero-order valence-electron chi connectivity index (χ0n) is 14.0. The van der Waals surface area contributed by atoms with E-state index >= 15 is 0 Å². The lowest BCUT2D eigenvalue weighted by molar-refractivity contribution is -0.222. The zero-order valence-corrected chi connectivity index (χ0v) is 15.6. The molecule has 0 aliphatic carbocycles. The van der Waals surface area contributed by atoms with Gasteiger partial charge in [0.1, 0.15) is 0 Å². The van der Waals surface area contributed by atoms with Crippen molar-refractivity contribution < 1.29 is 23.8 Å². The molecule has 134 valence electrons. The van der Waals surface area contributed by atoms with E-state index in [4.69, 9.17) is 14.2 Å². The molecule has 0 bridgehead atoms. The van der Waals surface area contributed by atoms with Gasteiger partial charge in [-0.3, -0.25) is 0 Å². The summed E-state index contributed by atoms with van der Waals surface area (Å²) in [4.78, 5) is 26.2. The number of cyclic esters (lactones) is 2. The number of hydrogen-bond donors (Lipinski definition) is 1. The molecule has 0 spiro atoms. The Balaban J connectivity index is 1.84. The molecule has 25 heavy (non-hydrogen) atoms. The largest absolute Gasteiger partial charge is 0.419 e. The fourth-order valence-electron chi connectivity index (χ4n) is 2.63. The van der Waals surface area contributed by atoms with Crippen molar-refractivity contribution in [3.8, 4) is 0 Å². The third kappa shape index (κ3) is 4.13. The lowest BCUT2D eigenvalue weighted by Gasteiger charge is -2.31. The van der Waals surface area contributed by atoms with Gasteiger partial charge < -0.3 is 24.4 Å². The van der Waals surface area contributed by atoms with Crippen molar-refractivity contribution in [1.82, 2.24) is 0 Å². The number of benzene rings is 1. The number of anilines is 2. The molecule has 0 atom stereocenters. The molecule has 1 aromatic carbocycles. The van der Waals surface area contributed by atoms with E-state index in [2.05, 4.69) is 26.1 Å². The molecule has 0 saturated carbocycles. The monoisotopic (exact) mass is 410 g/mol. The molecule has 2 saturated heterocycles. The predicted molar refractivity (Wildman–Crippen MR) is 95.1 cm³/mol. The molecule has 0 aromatic heterocycles. The van der Waals surface area contributed by atoms with Crippen LogP contribution in [0.4, 0.5) is 11.4 Å². The molecule has 0 unspecified atom stereocenters. The minimum atomic E-state index is -1.25. The van der Waals surface area contributed by atoms with Crippen LogP contribution in [0.15, 0.2) is 34.4 Å². The molecule has 0 amide bonds. The van der Waals surface area contributed by atoms with Gasteiger partial charge in [0, 0.05) is 37.6 Å². The SMILES string of the molecule is CC1(C)OC(=O)C(=CNc2cc(Br)ccc2N2CCOCC2)C(=O)O1. The summed E-state index contributed by atoms with van der Waals surface area (Å²) in [5.41, 5.74) is 1.54. The number of halogens is 1. The quantitative estimate of drug-likeness (QED) is 0.465. The highest BCUT2D eigenvalue weighted by Gasteiger charge is 2.39. The first-order valence-electron chi connectivity index (χ1n) is 7.91. The van der Waals surface area contributed by atoms with Crippen LogP contribution in [0.2, 0.25) is 0 Å². The number of morpholine rings is 1. The highest BCUT2D eigenvalue weighted by atomic mass is 79.9. The number of nitrogens with one attached hydrogen (secondary N) is 1. The van der Waals surface area contributed by atoms with E-state index in [1.54, 1.807) is 0 Å². The average molecular weight is 411 g/mol. The van der Waals surface area contributed by atoms with Crippen molar-refractivity contribution in [2.24, 2.45) is 0 Å². The van der Waals surface area contributed by atoms with Crippen molar-refractivity contribution in [2.75, 3.05) is 36.5 Å². The second kappa shape index (κ2) is 7.05. The Morgan fingerprint density at radius 2 is 1.80 bits per heavy atom. The minimum Gasteiger partial charge on any atom is -0.419 e. The maximum absolute atomic E-state index is 12.0. The number of nitrogens with zero attached hydrogens (tertiary/aromatic N) is 1. The van der Waals surface area contributed by atoms with Crippen LogP contribution < -0.4 is 10.2 Å². The van der Waals surface area contributed by atoms with E-state index in [9.17, 15) is 9.59 Å². The Labute approximate surface area is 154 Å². The standard InChI is InChI=1S/C17H19BrN2O5/c1-17(2)24-15(21)12(16(22)25-17)10-19-13-9-11(18)3-4-14(13)20-5-7-23-8-6-20/h3-4,9-10,19H,5-8H2,1-2H3. The van der Waals surface area contributed by atoms with Crippen molar-refractivity contribution in [3.05, 3.63) is 34.4 Å². The van der Waals surface area contributed by atoms with E-state index in [-0.39, 0.29) is 5.57 Å². The lowest BCUT2D eigenvalue weighted by atomic mass is 10.2. The molecule has 8 heteroatoms. The second-order valence-electron chi connectivity index (χ2n) is 6.14. The van der Waals surface area contributed by atoms with Crippen LogP contribution in [0.5, 0.6) is 0 Å². The van der Waals surface area contributed by atoms with Crippen molar-refractivity contribution in [3.63, 3.8) is 0 Å². The second-order valence-corrected chi connectivity index (χ2v) is 7.06. The third-order valence-corrected chi connectivity index (χ3v) is 4.29. The van der Waals surface area contributed by atoms with Crippen molar-refractivity contribution in [1.29, 1.82) is 0 Å². The van der Waals surface area contributed by atoms with Gasteiger partial charge in [0.15, 0.2) is 5.57 Å². The van der Waals surface area contributed by atoms with Gasteiger partial charge in [-0.2, -0.15) is 0 Å². The van der Waals surface area contributed by atoms with E-state index < -0.39 is 17.7 Å². The predicted octanol–water partition coefficient (Wildman–Crippen LogP) is 2.42. The Bertz CT molecular complexity index is 704. The summed E-state index contributed by atoms with van der Waals surface area (Å²) in [6, 6.07) is 5.79. The summed E-state index contributed by atoms with van der Waals surface area (Å²) >= 11 is 3.44. The number of carbonyl (C=O) groups is 2. The Kier molecular flexibility index (Phi) is 5.01. The molecule has 2 aliphatic heterocycles. The summed E-state index contributed by atoms with van der Waals surface area (Å²) in [7, 11) is 0. The number of esters is 2. The summed E-state index contributed by atoms with van der Waals surface area (Å²) < 4.78 is 16.4. The van der Waals surface area contributed by atoms with Gasteiger partial charge in [-0.25, -0.2) is 9.59 Å². The maximum atomic E-state index is 12.0. The first kappa shape index (κ1) is 17.8. The van der Waals surface area contributed by atoms with Crippen molar-refractivity contribution >= 4 is 39.2 Å². The van der Waals surface area contributed by atoms with Crippen LogP contribution in [0.25, 0.3) is 0 Å². The highest BCUT2D eigenvalue weighted by Crippen LogP contribution is 2.31. The van der Waals surface area contributed by atoms with Gasteiger partial charge >= 0.3 is 11.9 Å². The summed E-state index contributed by atoms with van der Waals surface area (Å²) in [6.45, 7) is 5.88. The average Bonchev–Trinajstić information content (AvgIpc) is 2.54. The molecule has 1 aromatic rings. The minimum absolute atomic E-state index is 0.174. The van der Waals surface area contributed by atoms with Crippen LogP contribution in [0, 0.1) is 0 Å². The summed E-state index contributed by atoms with van der Waals surface area (Å²) in [5, 5.41) is 3.03. The fraction of sp³-hybridized carbons (Fsp3) is 0.412. The summed E-state index contributed by atoms with van der Waals surface area (Å²) in [6.07, 6.45) is 1.33. The number of ether oxygens (including phenoxy) is 3. The van der Waals surface area contributed by atoms with Gasteiger partial charge in [0.25, 0.3) is 5.79 Å². The maximum Gasteiger partial charge on any atom is 0.350 e. The van der Waals surface area contributed by atoms with Crippen LogP contribution >= 0.6 is 15.9 Å². The molecule has 2 heterocycles. The van der Waals surface area contributed by atoms with Crippen LogP contribution in [-0.2, 0) is 23.8 Å². The molecule has 2 fully saturated rings.